The highest BCUT2D eigenvalue weighted by atomic mass is 19.2. The molecule has 0 saturated heterocycles. The van der Waals surface area contributed by atoms with Crippen LogP contribution in [0.3, 0.4) is 0 Å². The monoisotopic (exact) mass is 298 g/mol. The highest BCUT2D eigenvalue weighted by Gasteiger charge is 2.21. The van der Waals surface area contributed by atoms with Crippen molar-refractivity contribution in [2.45, 2.75) is 6.54 Å². The molecule has 0 amide bonds. The first kappa shape index (κ1) is 14.6. The van der Waals surface area contributed by atoms with Crippen LogP contribution in [0.1, 0.15) is 5.56 Å². The number of benzene rings is 2. The number of aromatic hydroxyl groups is 1. The maximum atomic E-state index is 13.6. The molecule has 0 atom stereocenters. The van der Waals surface area contributed by atoms with Crippen LogP contribution in [0.2, 0.25) is 0 Å². The molecule has 0 aliphatic heterocycles. The predicted octanol–water partition coefficient (Wildman–Crippen LogP) is 3.33. The maximum Gasteiger partial charge on any atom is 0.295 e. The molecular formula is C13H9F3N2O3. The van der Waals surface area contributed by atoms with E-state index < -0.39 is 39.5 Å². The highest BCUT2D eigenvalue weighted by Crippen LogP contribution is 2.29. The topological polar surface area (TPSA) is 75.4 Å². The van der Waals surface area contributed by atoms with E-state index in [1.54, 1.807) is 0 Å². The number of nitro groups is 1. The van der Waals surface area contributed by atoms with E-state index in [4.69, 9.17) is 5.11 Å². The Hall–Kier alpha value is -2.77. The zero-order valence-corrected chi connectivity index (χ0v) is 10.4. The fraction of sp³-hybridized carbons (Fsp3) is 0.0769. The lowest BCUT2D eigenvalue weighted by Crippen LogP contribution is -2.06. The van der Waals surface area contributed by atoms with Gasteiger partial charge in [0, 0.05) is 12.6 Å². The number of nitrogens with zero attached hydrogens (tertiary/aromatic N) is 1. The van der Waals surface area contributed by atoms with Gasteiger partial charge >= 0.3 is 0 Å². The molecule has 21 heavy (non-hydrogen) atoms. The molecule has 5 nitrogen and oxygen atoms in total. The van der Waals surface area contributed by atoms with Crippen LogP contribution < -0.4 is 5.32 Å². The quantitative estimate of drug-likeness (QED) is 0.670. The third-order valence-corrected chi connectivity index (χ3v) is 2.75. The Morgan fingerprint density at radius 1 is 1.14 bits per heavy atom. The van der Waals surface area contributed by atoms with Gasteiger partial charge in [-0.2, -0.15) is 0 Å². The van der Waals surface area contributed by atoms with Crippen LogP contribution in [0, 0.1) is 27.6 Å². The van der Waals surface area contributed by atoms with E-state index in [2.05, 4.69) is 5.32 Å². The van der Waals surface area contributed by atoms with Gasteiger partial charge in [0.15, 0.2) is 28.9 Å². The Bertz CT molecular complexity index is 707. The van der Waals surface area contributed by atoms with Gasteiger partial charge < -0.3 is 10.4 Å². The smallest absolute Gasteiger partial charge is 0.295 e. The number of nitro benzene ring substituents is 1. The minimum absolute atomic E-state index is 0.182. The Morgan fingerprint density at radius 2 is 1.86 bits per heavy atom. The molecule has 0 aliphatic rings. The molecule has 2 rings (SSSR count). The van der Waals surface area contributed by atoms with E-state index in [1.165, 1.54) is 6.07 Å². The fourth-order valence-corrected chi connectivity index (χ4v) is 1.71. The van der Waals surface area contributed by atoms with Gasteiger partial charge in [-0.25, -0.2) is 13.2 Å². The molecule has 2 aromatic carbocycles. The van der Waals surface area contributed by atoms with Crippen molar-refractivity contribution in [3.63, 3.8) is 0 Å². The molecule has 0 saturated carbocycles. The van der Waals surface area contributed by atoms with Gasteiger partial charge in [-0.05, 0) is 23.8 Å². The van der Waals surface area contributed by atoms with Crippen molar-refractivity contribution in [3.8, 4) is 5.75 Å². The molecule has 110 valence electrons. The Morgan fingerprint density at radius 3 is 2.48 bits per heavy atom. The molecule has 0 bridgehead atoms. The van der Waals surface area contributed by atoms with Crippen LogP contribution in [0.5, 0.6) is 5.75 Å². The van der Waals surface area contributed by atoms with E-state index >= 15 is 0 Å². The third kappa shape index (κ3) is 3.04. The van der Waals surface area contributed by atoms with E-state index in [0.29, 0.717) is 11.6 Å². The van der Waals surface area contributed by atoms with Crippen molar-refractivity contribution < 1.29 is 23.2 Å². The predicted molar refractivity (Wildman–Crippen MR) is 68.4 cm³/mol. The summed E-state index contributed by atoms with van der Waals surface area (Å²) in [6, 6.07) is 4.89. The van der Waals surface area contributed by atoms with Crippen molar-refractivity contribution in [1.29, 1.82) is 0 Å². The second kappa shape index (κ2) is 5.70. The lowest BCUT2D eigenvalue weighted by Gasteiger charge is -2.09. The first-order chi connectivity index (χ1) is 9.90. The molecule has 2 aromatic rings. The minimum Gasteiger partial charge on any atom is -0.505 e. The maximum absolute atomic E-state index is 13.6. The van der Waals surface area contributed by atoms with Gasteiger partial charge in [0.1, 0.15) is 0 Å². The Kier molecular flexibility index (Phi) is 3.97. The number of halogens is 3. The molecule has 0 fully saturated rings. The SMILES string of the molecule is O=[N+]([O-])c1ccc(F)c(F)c1NCc1ccc(O)c(F)c1. The summed E-state index contributed by atoms with van der Waals surface area (Å²) in [6.07, 6.45) is 0. The average Bonchev–Trinajstić information content (AvgIpc) is 2.43. The molecule has 0 unspecified atom stereocenters. The number of anilines is 1. The number of phenols is 1. The summed E-state index contributed by atoms with van der Waals surface area (Å²) in [5, 5.41) is 22.2. The molecule has 8 heteroatoms. The van der Waals surface area contributed by atoms with Crippen molar-refractivity contribution in [1.82, 2.24) is 0 Å². The van der Waals surface area contributed by atoms with Gasteiger partial charge in [-0.1, -0.05) is 6.07 Å². The minimum atomic E-state index is -1.39. The van der Waals surface area contributed by atoms with E-state index in [0.717, 1.165) is 18.2 Å². The van der Waals surface area contributed by atoms with Crippen LogP contribution in [-0.2, 0) is 6.54 Å². The molecule has 0 aromatic heterocycles. The van der Waals surface area contributed by atoms with Crippen molar-refractivity contribution in [2.75, 3.05) is 5.32 Å². The van der Waals surface area contributed by atoms with Crippen molar-refractivity contribution in [2.24, 2.45) is 0 Å². The molecule has 2 N–H and O–H groups in total. The summed E-state index contributed by atoms with van der Waals surface area (Å²) in [4.78, 5) is 9.92. The zero-order valence-electron chi connectivity index (χ0n) is 10.4. The standard InChI is InChI=1S/C13H9F3N2O3/c14-8-2-3-10(18(20)21)13(12(8)16)17-6-7-1-4-11(19)9(15)5-7/h1-5,17,19H,6H2. The summed E-state index contributed by atoms with van der Waals surface area (Å²) >= 11 is 0. The second-order valence-electron chi connectivity index (χ2n) is 4.15. The van der Waals surface area contributed by atoms with E-state index in [9.17, 15) is 23.3 Å². The van der Waals surface area contributed by atoms with Crippen LogP contribution >= 0.6 is 0 Å². The summed E-state index contributed by atoms with van der Waals surface area (Å²) < 4.78 is 39.9. The largest absolute Gasteiger partial charge is 0.505 e. The normalized spacial score (nSPS) is 10.4. The van der Waals surface area contributed by atoms with Gasteiger partial charge in [-0.15, -0.1) is 0 Å². The van der Waals surface area contributed by atoms with Crippen molar-refractivity contribution >= 4 is 11.4 Å². The number of phenolic OH excluding ortho intramolecular Hbond substituents is 1. The summed E-state index contributed by atoms with van der Waals surface area (Å²) in [7, 11) is 0. The van der Waals surface area contributed by atoms with Gasteiger partial charge in [0.05, 0.1) is 4.92 Å². The lowest BCUT2D eigenvalue weighted by molar-refractivity contribution is -0.384. The summed E-state index contributed by atoms with van der Waals surface area (Å²) in [6.45, 7) is -0.182. The zero-order chi connectivity index (χ0) is 15.6. The molecule has 0 aliphatic carbocycles. The molecule has 0 heterocycles. The van der Waals surface area contributed by atoms with Crippen LogP contribution in [0.25, 0.3) is 0 Å². The van der Waals surface area contributed by atoms with Crippen LogP contribution in [-0.4, -0.2) is 10.0 Å². The first-order valence-electron chi connectivity index (χ1n) is 5.74. The van der Waals surface area contributed by atoms with E-state index in [-0.39, 0.29) is 6.54 Å². The summed E-state index contributed by atoms with van der Waals surface area (Å²) in [5.41, 5.74) is -0.954. The van der Waals surface area contributed by atoms with Gasteiger partial charge in [-0.3, -0.25) is 10.1 Å². The van der Waals surface area contributed by atoms with Crippen LogP contribution in [0.15, 0.2) is 30.3 Å². The van der Waals surface area contributed by atoms with Gasteiger partial charge in [0.25, 0.3) is 5.69 Å². The number of nitrogens with one attached hydrogen (secondary N) is 1. The van der Waals surface area contributed by atoms with Crippen molar-refractivity contribution in [3.05, 3.63) is 63.5 Å². The number of hydrogen-bond acceptors (Lipinski definition) is 4. The Labute approximate surface area is 116 Å². The van der Waals surface area contributed by atoms with E-state index in [1.807, 2.05) is 0 Å². The Balaban J connectivity index is 2.28. The fourth-order valence-electron chi connectivity index (χ4n) is 1.71. The molecule has 0 spiro atoms. The number of hydrogen-bond donors (Lipinski definition) is 2. The third-order valence-electron chi connectivity index (χ3n) is 2.75. The highest BCUT2D eigenvalue weighted by molar-refractivity contribution is 5.62. The molecule has 0 radical (unpaired) electrons. The second-order valence-corrected chi connectivity index (χ2v) is 4.15. The van der Waals surface area contributed by atoms with Crippen LogP contribution in [0.4, 0.5) is 24.5 Å². The molecular weight excluding hydrogens is 289 g/mol. The average molecular weight is 298 g/mol. The summed E-state index contributed by atoms with van der Waals surface area (Å²) in [5.74, 6) is -4.06. The van der Waals surface area contributed by atoms with Gasteiger partial charge in [0.2, 0.25) is 0 Å². The first-order valence-corrected chi connectivity index (χ1v) is 5.74. The lowest BCUT2D eigenvalue weighted by atomic mass is 10.2. The number of rotatable bonds is 4.